The number of hydrogen-bond acceptors (Lipinski definition) is 3. The Morgan fingerprint density at radius 3 is 2.17 bits per heavy atom. The summed E-state index contributed by atoms with van der Waals surface area (Å²) < 4.78 is 0. The topological polar surface area (TPSA) is 49.5 Å². The molecule has 0 bridgehead atoms. The van der Waals surface area contributed by atoms with Crippen LogP contribution in [0.1, 0.15) is 20.3 Å². The maximum atomic E-state index is 9.36. The molecule has 1 unspecified atom stereocenters. The normalized spacial score (nSPS) is 12.8. The minimum absolute atomic E-state index is 0. The van der Waals surface area contributed by atoms with E-state index in [1.807, 2.05) is 0 Å². The predicted octanol–water partition coefficient (Wildman–Crippen LogP) is 0.460. The first-order chi connectivity index (χ1) is 5.24. The Bertz CT molecular complexity index is 89.1. The van der Waals surface area contributed by atoms with Crippen molar-refractivity contribution in [2.75, 3.05) is 26.2 Å². The van der Waals surface area contributed by atoms with E-state index in [-0.39, 0.29) is 18.5 Å². The molecule has 0 rings (SSSR count). The van der Waals surface area contributed by atoms with Crippen LogP contribution in [0.15, 0.2) is 0 Å². The fourth-order valence-corrected chi connectivity index (χ4v) is 1.06. The van der Waals surface area contributed by atoms with Gasteiger partial charge in [0, 0.05) is 6.54 Å². The molecule has 76 valence electrons. The molecule has 0 aliphatic carbocycles. The van der Waals surface area contributed by atoms with Crippen LogP contribution < -0.4 is 5.73 Å². The highest BCUT2D eigenvalue weighted by molar-refractivity contribution is 5.85. The molecule has 0 aliphatic heterocycles. The van der Waals surface area contributed by atoms with Gasteiger partial charge in [-0.15, -0.1) is 12.4 Å². The van der Waals surface area contributed by atoms with Crippen LogP contribution in [0.4, 0.5) is 0 Å². The molecule has 0 saturated carbocycles. The number of aliphatic hydroxyl groups is 1. The first-order valence-corrected chi connectivity index (χ1v) is 4.35. The van der Waals surface area contributed by atoms with Crippen LogP contribution in [0.2, 0.25) is 0 Å². The van der Waals surface area contributed by atoms with Crippen molar-refractivity contribution in [2.24, 2.45) is 5.73 Å². The third-order valence-electron chi connectivity index (χ3n) is 1.86. The van der Waals surface area contributed by atoms with Crippen molar-refractivity contribution in [2.45, 2.75) is 26.4 Å². The van der Waals surface area contributed by atoms with Crippen molar-refractivity contribution in [3.63, 3.8) is 0 Å². The van der Waals surface area contributed by atoms with E-state index in [2.05, 4.69) is 18.7 Å². The Kier molecular flexibility index (Phi) is 11.3. The van der Waals surface area contributed by atoms with Crippen molar-refractivity contribution >= 4 is 12.4 Å². The van der Waals surface area contributed by atoms with Gasteiger partial charge in [-0.2, -0.15) is 0 Å². The third-order valence-corrected chi connectivity index (χ3v) is 1.86. The third kappa shape index (κ3) is 6.85. The minimum Gasteiger partial charge on any atom is -0.392 e. The molecular weight excluding hydrogens is 176 g/mol. The summed E-state index contributed by atoms with van der Waals surface area (Å²) in [6.45, 7) is 7.51. The molecule has 0 spiro atoms. The number of aliphatic hydroxyl groups excluding tert-OH is 1. The summed E-state index contributed by atoms with van der Waals surface area (Å²) in [5, 5.41) is 9.36. The molecule has 0 saturated heterocycles. The molecule has 3 N–H and O–H groups in total. The van der Waals surface area contributed by atoms with Gasteiger partial charge in [-0.1, -0.05) is 13.8 Å². The average Bonchev–Trinajstić information content (AvgIpc) is 2.01. The van der Waals surface area contributed by atoms with Crippen molar-refractivity contribution in [3.05, 3.63) is 0 Å². The van der Waals surface area contributed by atoms with E-state index in [1.165, 1.54) is 0 Å². The SMILES string of the molecule is CCN(CC)CC(O)CCN.Cl. The van der Waals surface area contributed by atoms with Crippen LogP contribution >= 0.6 is 12.4 Å². The van der Waals surface area contributed by atoms with Gasteiger partial charge in [-0.3, -0.25) is 0 Å². The van der Waals surface area contributed by atoms with Crippen molar-refractivity contribution < 1.29 is 5.11 Å². The molecule has 0 aromatic rings. The van der Waals surface area contributed by atoms with Gasteiger partial charge < -0.3 is 15.7 Å². The van der Waals surface area contributed by atoms with Crippen molar-refractivity contribution in [1.29, 1.82) is 0 Å². The molecule has 0 aromatic heterocycles. The summed E-state index contributed by atoms with van der Waals surface area (Å²) in [5.74, 6) is 0. The first kappa shape index (κ1) is 14.7. The second-order valence-electron chi connectivity index (χ2n) is 2.72. The van der Waals surface area contributed by atoms with Crippen LogP contribution in [0.25, 0.3) is 0 Å². The number of nitrogens with two attached hydrogens (primary N) is 1. The monoisotopic (exact) mass is 196 g/mol. The predicted molar refractivity (Wildman–Crippen MR) is 54.7 cm³/mol. The van der Waals surface area contributed by atoms with Gasteiger partial charge in [-0.25, -0.2) is 0 Å². The summed E-state index contributed by atoms with van der Waals surface area (Å²) in [6, 6.07) is 0. The van der Waals surface area contributed by atoms with E-state index in [9.17, 15) is 5.11 Å². The van der Waals surface area contributed by atoms with Crippen LogP contribution in [0.5, 0.6) is 0 Å². The largest absolute Gasteiger partial charge is 0.392 e. The van der Waals surface area contributed by atoms with Crippen LogP contribution in [-0.4, -0.2) is 42.3 Å². The summed E-state index contributed by atoms with van der Waals surface area (Å²) >= 11 is 0. The van der Waals surface area contributed by atoms with E-state index in [1.54, 1.807) is 0 Å². The Morgan fingerprint density at radius 2 is 1.83 bits per heavy atom. The highest BCUT2D eigenvalue weighted by Crippen LogP contribution is 1.94. The summed E-state index contributed by atoms with van der Waals surface area (Å²) in [4.78, 5) is 2.19. The van der Waals surface area contributed by atoms with Gasteiger partial charge >= 0.3 is 0 Å². The number of rotatable bonds is 6. The number of nitrogens with zero attached hydrogens (tertiary/aromatic N) is 1. The molecule has 0 amide bonds. The first-order valence-electron chi connectivity index (χ1n) is 4.35. The molecular formula is C8H21ClN2O. The molecule has 0 aromatic carbocycles. The lowest BCUT2D eigenvalue weighted by molar-refractivity contribution is 0.113. The Morgan fingerprint density at radius 1 is 1.33 bits per heavy atom. The Hall–Kier alpha value is 0.170. The highest BCUT2D eigenvalue weighted by Gasteiger charge is 2.06. The fourth-order valence-electron chi connectivity index (χ4n) is 1.06. The standard InChI is InChI=1S/C8H20N2O.ClH/c1-3-10(4-2)7-8(11)5-6-9;/h8,11H,3-7,9H2,1-2H3;1H. The Labute approximate surface area is 81.3 Å². The quantitative estimate of drug-likeness (QED) is 0.649. The molecule has 3 nitrogen and oxygen atoms in total. The van der Waals surface area contributed by atoms with Crippen LogP contribution in [0, 0.1) is 0 Å². The van der Waals surface area contributed by atoms with E-state index in [4.69, 9.17) is 5.73 Å². The zero-order chi connectivity index (χ0) is 8.69. The lowest BCUT2D eigenvalue weighted by atomic mass is 10.2. The molecule has 0 fully saturated rings. The van der Waals surface area contributed by atoms with E-state index in [0.717, 1.165) is 19.6 Å². The molecule has 0 heterocycles. The number of hydrogen-bond donors (Lipinski definition) is 2. The smallest absolute Gasteiger partial charge is 0.0679 e. The maximum absolute atomic E-state index is 9.36. The van der Waals surface area contributed by atoms with Crippen LogP contribution in [0.3, 0.4) is 0 Å². The van der Waals surface area contributed by atoms with E-state index < -0.39 is 0 Å². The second-order valence-corrected chi connectivity index (χ2v) is 2.72. The number of likely N-dealkylation sites (N-methyl/N-ethyl adjacent to an activating group) is 1. The van der Waals surface area contributed by atoms with Gasteiger partial charge in [-0.05, 0) is 26.1 Å². The molecule has 12 heavy (non-hydrogen) atoms. The zero-order valence-corrected chi connectivity index (χ0v) is 8.81. The lowest BCUT2D eigenvalue weighted by Crippen LogP contribution is -2.33. The zero-order valence-electron chi connectivity index (χ0n) is 7.99. The van der Waals surface area contributed by atoms with E-state index >= 15 is 0 Å². The number of halogens is 1. The van der Waals surface area contributed by atoms with Gasteiger partial charge in [0.15, 0.2) is 0 Å². The maximum Gasteiger partial charge on any atom is 0.0679 e. The van der Waals surface area contributed by atoms with Gasteiger partial charge in [0.1, 0.15) is 0 Å². The summed E-state index contributed by atoms with van der Waals surface area (Å²) in [5.41, 5.74) is 5.31. The minimum atomic E-state index is -0.250. The summed E-state index contributed by atoms with van der Waals surface area (Å²) in [7, 11) is 0. The van der Waals surface area contributed by atoms with Crippen molar-refractivity contribution in [1.82, 2.24) is 4.90 Å². The lowest BCUT2D eigenvalue weighted by Gasteiger charge is -2.21. The van der Waals surface area contributed by atoms with Gasteiger partial charge in [0.05, 0.1) is 6.10 Å². The molecule has 1 atom stereocenters. The Balaban J connectivity index is 0. The molecule has 0 radical (unpaired) electrons. The van der Waals surface area contributed by atoms with Crippen molar-refractivity contribution in [3.8, 4) is 0 Å². The van der Waals surface area contributed by atoms with Gasteiger partial charge in [0.2, 0.25) is 0 Å². The highest BCUT2D eigenvalue weighted by atomic mass is 35.5. The van der Waals surface area contributed by atoms with Gasteiger partial charge in [0.25, 0.3) is 0 Å². The summed E-state index contributed by atoms with van der Waals surface area (Å²) in [6.07, 6.45) is 0.455. The van der Waals surface area contributed by atoms with Crippen LogP contribution in [-0.2, 0) is 0 Å². The fraction of sp³-hybridized carbons (Fsp3) is 1.00. The molecule has 0 aliphatic rings. The average molecular weight is 197 g/mol. The molecule has 4 heteroatoms. The van der Waals surface area contributed by atoms with E-state index in [0.29, 0.717) is 13.0 Å². The second kappa shape index (κ2) is 9.26.